The summed E-state index contributed by atoms with van der Waals surface area (Å²) < 4.78 is 8.03. The van der Waals surface area contributed by atoms with Crippen molar-refractivity contribution in [1.82, 2.24) is 9.13 Å². The van der Waals surface area contributed by atoms with Crippen LogP contribution < -0.4 is 21.3 Å². The highest BCUT2D eigenvalue weighted by Gasteiger charge is 2.19. The van der Waals surface area contributed by atoms with Gasteiger partial charge in [0.15, 0.2) is 0 Å². The molecule has 0 spiro atoms. The van der Waals surface area contributed by atoms with Gasteiger partial charge in [-0.25, -0.2) is 9.36 Å². The Morgan fingerprint density at radius 3 is 2.68 bits per heavy atom. The maximum absolute atomic E-state index is 13.4. The van der Waals surface area contributed by atoms with Crippen molar-refractivity contribution in [1.29, 1.82) is 0 Å². The Hall–Kier alpha value is -3.36. The van der Waals surface area contributed by atoms with Crippen LogP contribution in [-0.4, -0.2) is 22.2 Å². The molecule has 0 aliphatic rings. The van der Waals surface area contributed by atoms with Gasteiger partial charge in [0, 0.05) is 10.7 Å². The summed E-state index contributed by atoms with van der Waals surface area (Å²) in [5, 5.41) is 5.03. The highest BCUT2D eigenvalue weighted by atomic mass is 35.5. The van der Waals surface area contributed by atoms with Crippen molar-refractivity contribution < 1.29 is 9.53 Å². The number of fused-ring (bicyclic) bond motifs is 1. The number of carbonyl (C=O) groups is 1. The zero-order valence-corrected chi connectivity index (χ0v) is 18.3. The van der Waals surface area contributed by atoms with Crippen LogP contribution in [0.3, 0.4) is 0 Å². The smallest absolute Gasteiger partial charge is 0.336 e. The van der Waals surface area contributed by atoms with E-state index in [9.17, 15) is 14.4 Å². The predicted molar refractivity (Wildman–Crippen MR) is 123 cm³/mol. The van der Waals surface area contributed by atoms with Gasteiger partial charge in [-0.15, -0.1) is 11.3 Å². The summed E-state index contributed by atoms with van der Waals surface area (Å²) in [6.45, 7) is 1.52. The van der Waals surface area contributed by atoms with Gasteiger partial charge in [0.1, 0.15) is 17.0 Å². The number of ether oxygens (including phenoxy) is 1. The monoisotopic (exact) mass is 455 g/mol. The van der Waals surface area contributed by atoms with Crippen LogP contribution in [0.2, 0.25) is 5.02 Å². The zero-order valence-electron chi connectivity index (χ0n) is 16.7. The number of hydrogen-bond acceptors (Lipinski definition) is 5. The fourth-order valence-electron chi connectivity index (χ4n) is 3.34. The van der Waals surface area contributed by atoms with E-state index in [0.29, 0.717) is 32.4 Å². The second-order valence-electron chi connectivity index (χ2n) is 6.78. The molecule has 0 bridgehead atoms. The first-order valence-electron chi connectivity index (χ1n) is 9.33. The number of nitrogens with zero attached hydrogens (tertiary/aromatic N) is 2. The Balaban J connectivity index is 1.82. The Labute approximate surface area is 186 Å². The van der Waals surface area contributed by atoms with E-state index in [1.165, 1.54) is 23.0 Å². The first-order valence-corrected chi connectivity index (χ1v) is 10.6. The Kier molecular flexibility index (Phi) is 5.67. The van der Waals surface area contributed by atoms with Gasteiger partial charge in [-0.05, 0) is 48.2 Å². The summed E-state index contributed by atoms with van der Waals surface area (Å²) in [6.07, 6.45) is 0. The Morgan fingerprint density at radius 2 is 1.90 bits per heavy atom. The topological polar surface area (TPSA) is 82.3 Å². The van der Waals surface area contributed by atoms with Crippen LogP contribution in [-0.2, 0) is 11.3 Å². The van der Waals surface area contributed by atoms with Crippen LogP contribution in [0.1, 0.15) is 5.56 Å². The first-order chi connectivity index (χ1) is 14.9. The molecule has 1 N–H and O–H groups in total. The average Bonchev–Trinajstić information content (AvgIpc) is 3.25. The van der Waals surface area contributed by atoms with Crippen LogP contribution in [0.5, 0.6) is 5.75 Å². The summed E-state index contributed by atoms with van der Waals surface area (Å²) in [7, 11) is 1.47. The number of benzene rings is 2. The molecular weight excluding hydrogens is 438 g/mol. The third-order valence-corrected chi connectivity index (χ3v) is 6.23. The number of halogens is 1. The van der Waals surface area contributed by atoms with Crippen molar-refractivity contribution in [2.24, 2.45) is 0 Å². The molecule has 0 saturated heterocycles. The summed E-state index contributed by atoms with van der Waals surface area (Å²) in [5.41, 5.74) is 0.925. The van der Waals surface area contributed by atoms with Gasteiger partial charge in [0.05, 0.1) is 18.3 Å². The van der Waals surface area contributed by atoms with Crippen LogP contribution in [0, 0.1) is 6.92 Å². The highest BCUT2D eigenvalue weighted by molar-refractivity contribution is 7.17. The lowest BCUT2D eigenvalue weighted by Gasteiger charge is -2.15. The second kappa shape index (κ2) is 8.41. The van der Waals surface area contributed by atoms with Crippen LogP contribution >= 0.6 is 22.9 Å². The molecule has 4 aromatic rings. The number of methoxy groups -OCH3 is 1. The first kappa shape index (κ1) is 20.9. The molecule has 0 radical (unpaired) electrons. The summed E-state index contributed by atoms with van der Waals surface area (Å²) >= 11 is 7.34. The van der Waals surface area contributed by atoms with Crippen molar-refractivity contribution >= 4 is 44.7 Å². The number of para-hydroxylation sites is 2. The number of hydrogen-bond donors (Lipinski definition) is 1. The number of anilines is 1. The molecule has 0 saturated carbocycles. The molecule has 9 heteroatoms. The van der Waals surface area contributed by atoms with Crippen molar-refractivity contribution in [3.05, 3.63) is 85.3 Å². The molecule has 1 amide bonds. The second-order valence-corrected chi connectivity index (χ2v) is 8.10. The lowest BCUT2D eigenvalue weighted by atomic mass is 10.2. The molecule has 2 aromatic carbocycles. The molecule has 31 heavy (non-hydrogen) atoms. The third-order valence-electron chi connectivity index (χ3n) is 4.92. The molecule has 0 unspecified atom stereocenters. The minimum Gasteiger partial charge on any atom is -0.495 e. The maximum atomic E-state index is 13.4. The van der Waals surface area contributed by atoms with Gasteiger partial charge in [-0.1, -0.05) is 29.8 Å². The minimum absolute atomic E-state index is 0.270. The van der Waals surface area contributed by atoms with E-state index in [1.807, 2.05) is 0 Å². The Morgan fingerprint density at radius 1 is 1.13 bits per heavy atom. The number of nitrogens with one attached hydrogen (secondary N) is 1. The van der Waals surface area contributed by atoms with Crippen molar-refractivity contribution in [3.8, 4) is 11.4 Å². The zero-order chi connectivity index (χ0) is 22.1. The van der Waals surface area contributed by atoms with E-state index in [0.717, 1.165) is 10.1 Å². The molecule has 2 aromatic heterocycles. The van der Waals surface area contributed by atoms with Crippen molar-refractivity contribution in [2.75, 3.05) is 12.4 Å². The molecule has 2 heterocycles. The Bertz CT molecular complexity index is 1420. The van der Waals surface area contributed by atoms with Gasteiger partial charge in [-0.3, -0.25) is 14.2 Å². The quantitative estimate of drug-likeness (QED) is 0.496. The molecule has 0 aliphatic carbocycles. The van der Waals surface area contributed by atoms with E-state index >= 15 is 0 Å². The van der Waals surface area contributed by atoms with Gasteiger partial charge >= 0.3 is 5.69 Å². The van der Waals surface area contributed by atoms with Crippen molar-refractivity contribution in [2.45, 2.75) is 13.5 Å². The summed E-state index contributed by atoms with van der Waals surface area (Å²) in [6, 6.07) is 13.6. The molecule has 158 valence electrons. The molecule has 7 nitrogen and oxygen atoms in total. The average molecular weight is 456 g/mol. The van der Waals surface area contributed by atoms with E-state index in [4.69, 9.17) is 16.3 Å². The SMILES string of the molecule is COc1ccccc1-n1c(=O)c2sccc2n(CC(=O)Nc2cccc(Cl)c2C)c1=O. The van der Waals surface area contributed by atoms with E-state index in [-0.39, 0.29) is 6.54 Å². The van der Waals surface area contributed by atoms with E-state index in [1.54, 1.807) is 60.8 Å². The molecule has 0 fully saturated rings. The van der Waals surface area contributed by atoms with Gasteiger partial charge < -0.3 is 10.1 Å². The van der Waals surface area contributed by atoms with Crippen LogP contribution in [0.4, 0.5) is 5.69 Å². The normalized spacial score (nSPS) is 10.9. The van der Waals surface area contributed by atoms with Crippen LogP contribution in [0.25, 0.3) is 15.9 Å². The molecule has 0 atom stereocenters. The lowest BCUT2D eigenvalue weighted by molar-refractivity contribution is -0.116. The van der Waals surface area contributed by atoms with E-state index in [2.05, 4.69) is 5.32 Å². The van der Waals surface area contributed by atoms with E-state index < -0.39 is 17.2 Å². The van der Waals surface area contributed by atoms with Gasteiger partial charge in [-0.2, -0.15) is 0 Å². The van der Waals surface area contributed by atoms with Crippen molar-refractivity contribution in [3.63, 3.8) is 0 Å². The molecule has 0 aliphatic heterocycles. The standard InChI is InChI=1S/C22H18ClN3O4S/c1-13-14(23)6-5-7-15(13)24-19(27)12-25-17-10-11-31-20(17)21(28)26(22(25)29)16-8-3-4-9-18(16)30-2/h3-11H,12H2,1-2H3,(H,24,27). The van der Waals surface area contributed by atoms with Crippen LogP contribution in [0.15, 0.2) is 63.5 Å². The summed E-state index contributed by atoms with van der Waals surface area (Å²) in [4.78, 5) is 39.2. The number of amides is 1. The maximum Gasteiger partial charge on any atom is 0.336 e. The number of carbonyl (C=O) groups excluding carboxylic acids is 1. The van der Waals surface area contributed by atoms with Gasteiger partial charge in [0.2, 0.25) is 5.91 Å². The predicted octanol–water partition coefficient (Wildman–Crippen LogP) is 3.82. The fraction of sp³-hybridized carbons (Fsp3) is 0.136. The number of aromatic nitrogens is 2. The third kappa shape index (κ3) is 3.75. The highest BCUT2D eigenvalue weighted by Crippen LogP contribution is 2.24. The van der Waals surface area contributed by atoms with Gasteiger partial charge in [0.25, 0.3) is 5.56 Å². The summed E-state index contributed by atoms with van der Waals surface area (Å²) in [5.74, 6) is -0.0339. The molecule has 4 rings (SSSR count). The lowest BCUT2D eigenvalue weighted by Crippen LogP contribution is -2.40. The fourth-order valence-corrected chi connectivity index (χ4v) is 4.34. The number of thiophene rings is 1. The minimum atomic E-state index is -0.627. The molecular formula is C22H18ClN3O4S. The number of rotatable bonds is 5. The largest absolute Gasteiger partial charge is 0.495 e.